The molecule has 0 saturated carbocycles. The minimum absolute atomic E-state index is 0.0415. The van der Waals surface area contributed by atoms with Gasteiger partial charge in [-0.25, -0.2) is 13.1 Å². The van der Waals surface area contributed by atoms with Crippen LogP contribution in [-0.4, -0.2) is 28.2 Å². The van der Waals surface area contributed by atoms with Gasteiger partial charge < -0.3 is 9.47 Å². The van der Waals surface area contributed by atoms with Gasteiger partial charge in [0, 0.05) is 11.6 Å². The molecule has 0 aliphatic carbocycles. The summed E-state index contributed by atoms with van der Waals surface area (Å²) in [6.07, 6.45) is 1.52. The van der Waals surface area contributed by atoms with Crippen molar-refractivity contribution in [1.29, 1.82) is 0 Å². The van der Waals surface area contributed by atoms with Gasteiger partial charge in [0.05, 0.1) is 13.2 Å². The van der Waals surface area contributed by atoms with Crippen molar-refractivity contribution in [3.05, 3.63) is 53.1 Å². The summed E-state index contributed by atoms with van der Waals surface area (Å²) >= 11 is 5.91. The normalized spacial score (nSPS) is 11.6. The third-order valence-corrected chi connectivity index (χ3v) is 5.34. The largest absolute Gasteiger partial charge is 0.495 e. The lowest BCUT2D eigenvalue weighted by atomic mass is 10.1. The lowest BCUT2D eigenvalue weighted by Gasteiger charge is -2.12. The summed E-state index contributed by atoms with van der Waals surface area (Å²) in [5.74, 6) is 1.09. The summed E-state index contributed by atoms with van der Waals surface area (Å²) < 4.78 is 38.3. The predicted molar refractivity (Wildman–Crippen MR) is 104 cm³/mol. The van der Waals surface area contributed by atoms with E-state index in [-0.39, 0.29) is 16.7 Å². The standard InChI is InChI=1S/C19H24ClNO4S/c1-14(2)25-17-8-4-6-15(12-17)7-5-11-21-26(22,23)19-13-16(20)9-10-18(19)24-3/h4,6,8-10,12-14,21H,5,7,11H2,1-3H3. The number of halogens is 1. The second-order valence-electron chi connectivity index (χ2n) is 6.11. The molecule has 1 N–H and O–H groups in total. The fraction of sp³-hybridized carbons (Fsp3) is 0.368. The first kappa shape index (κ1) is 20.6. The molecule has 142 valence electrons. The molecule has 0 aliphatic heterocycles. The third-order valence-electron chi connectivity index (χ3n) is 3.62. The molecule has 7 heteroatoms. The van der Waals surface area contributed by atoms with Crippen molar-refractivity contribution < 1.29 is 17.9 Å². The maximum Gasteiger partial charge on any atom is 0.244 e. The summed E-state index contributed by atoms with van der Waals surface area (Å²) in [4.78, 5) is 0.0415. The van der Waals surface area contributed by atoms with Crippen LogP contribution < -0.4 is 14.2 Å². The second kappa shape index (κ2) is 9.26. The van der Waals surface area contributed by atoms with Crippen LogP contribution in [0.25, 0.3) is 0 Å². The fourth-order valence-electron chi connectivity index (χ4n) is 2.48. The first-order chi connectivity index (χ1) is 12.3. The highest BCUT2D eigenvalue weighted by atomic mass is 35.5. The molecule has 2 rings (SSSR count). The van der Waals surface area contributed by atoms with Crippen LogP contribution in [0.15, 0.2) is 47.4 Å². The number of methoxy groups -OCH3 is 1. The number of sulfonamides is 1. The highest BCUT2D eigenvalue weighted by Gasteiger charge is 2.19. The average Bonchev–Trinajstić information content (AvgIpc) is 2.58. The van der Waals surface area contributed by atoms with Gasteiger partial charge in [-0.15, -0.1) is 0 Å². The molecule has 0 spiro atoms. The van der Waals surface area contributed by atoms with Crippen molar-refractivity contribution in [1.82, 2.24) is 4.72 Å². The Hall–Kier alpha value is -1.76. The molecular weight excluding hydrogens is 374 g/mol. The molecule has 2 aromatic rings. The molecule has 0 amide bonds. The van der Waals surface area contributed by atoms with Crippen molar-refractivity contribution in [2.45, 2.75) is 37.7 Å². The summed E-state index contributed by atoms with van der Waals surface area (Å²) in [5.41, 5.74) is 1.10. The maximum atomic E-state index is 12.5. The van der Waals surface area contributed by atoms with E-state index in [1.165, 1.54) is 19.2 Å². The van der Waals surface area contributed by atoms with Crippen molar-refractivity contribution >= 4 is 21.6 Å². The molecule has 26 heavy (non-hydrogen) atoms. The summed E-state index contributed by atoms with van der Waals surface area (Å²) in [6, 6.07) is 12.3. The van der Waals surface area contributed by atoms with Gasteiger partial charge in [-0.3, -0.25) is 0 Å². The topological polar surface area (TPSA) is 64.6 Å². The smallest absolute Gasteiger partial charge is 0.244 e. The van der Waals surface area contributed by atoms with E-state index in [1.54, 1.807) is 6.07 Å². The number of aryl methyl sites for hydroxylation is 1. The van der Waals surface area contributed by atoms with Crippen molar-refractivity contribution in [3.63, 3.8) is 0 Å². The Bertz CT molecular complexity index is 837. The lowest BCUT2D eigenvalue weighted by Crippen LogP contribution is -2.25. The first-order valence-corrected chi connectivity index (χ1v) is 10.3. The van der Waals surface area contributed by atoms with Crippen molar-refractivity contribution in [3.8, 4) is 11.5 Å². The molecule has 5 nitrogen and oxygen atoms in total. The number of nitrogens with one attached hydrogen (secondary N) is 1. The van der Waals surface area contributed by atoms with Crippen molar-refractivity contribution in [2.24, 2.45) is 0 Å². The summed E-state index contributed by atoms with van der Waals surface area (Å²) in [5, 5.41) is 0.341. The quantitative estimate of drug-likeness (QED) is 0.648. The molecule has 0 aromatic heterocycles. The van der Waals surface area contributed by atoms with Crippen LogP contribution in [0, 0.1) is 0 Å². The Labute approximate surface area is 160 Å². The average molecular weight is 398 g/mol. The molecule has 0 fully saturated rings. The molecule has 2 aromatic carbocycles. The molecular formula is C19H24ClNO4S. The van der Waals surface area contributed by atoms with Crippen LogP contribution >= 0.6 is 11.6 Å². The Morgan fingerprint density at radius 3 is 2.62 bits per heavy atom. The summed E-state index contributed by atoms with van der Waals surface area (Å²) in [7, 11) is -2.26. The van der Waals surface area contributed by atoms with E-state index in [0.717, 1.165) is 17.7 Å². The minimum atomic E-state index is -3.69. The Balaban J connectivity index is 1.94. The van der Waals surface area contributed by atoms with E-state index < -0.39 is 10.0 Å². The summed E-state index contributed by atoms with van der Waals surface area (Å²) in [6.45, 7) is 4.27. The van der Waals surface area contributed by atoms with E-state index >= 15 is 0 Å². The zero-order valence-corrected chi connectivity index (χ0v) is 16.7. The van der Waals surface area contributed by atoms with Gasteiger partial charge >= 0.3 is 0 Å². The van der Waals surface area contributed by atoms with E-state index in [1.807, 2.05) is 38.1 Å². The number of hydrogen-bond donors (Lipinski definition) is 1. The zero-order chi connectivity index (χ0) is 19.2. The van der Waals surface area contributed by atoms with Crippen molar-refractivity contribution in [2.75, 3.05) is 13.7 Å². The molecule has 0 bridgehead atoms. The molecule has 0 atom stereocenters. The highest BCUT2D eigenvalue weighted by Crippen LogP contribution is 2.26. The maximum absolute atomic E-state index is 12.5. The van der Waals surface area contributed by atoms with Gasteiger partial charge in [0.1, 0.15) is 16.4 Å². The van der Waals surface area contributed by atoms with E-state index in [4.69, 9.17) is 21.1 Å². The number of hydrogen-bond acceptors (Lipinski definition) is 4. The van der Waals surface area contributed by atoms with Crippen LogP contribution in [0.2, 0.25) is 5.02 Å². The van der Waals surface area contributed by atoms with E-state index in [9.17, 15) is 8.42 Å². The van der Waals surface area contributed by atoms with Gasteiger partial charge in [-0.05, 0) is 62.6 Å². The zero-order valence-electron chi connectivity index (χ0n) is 15.2. The first-order valence-electron chi connectivity index (χ1n) is 8.40. The van der Waals surface area contributed by atoms with E-state index in [2.05, 4.69) is 4.72 Å². The lowest BCUT2D eigenvalue weighted by molar-refractivity contribution is 0.242. The second-order valence-corrected chi connectivity index (χ2v) is 8.28. The van der Waals surface area contributed by atoms with Gasteiger partial charge in [-0.2, -0.15) is 0 Å². The Kier molecular flexibility index (Phi) is 7.32. The molecule has 0 heterocycles. The molecule has 0 unspecified atom stereocenters. The minimum Gasteiger partial charge on any atom is -0.495 e. The van der Waals surface area contributed by atoms with Gasteiger partial charge in [0.15, 0.2) is 0 Å². The molecule has 0 radical (unpaired) electrons. The number of ether oxygens (including phenoxy) is 2. The number of rotatable bonds is 9. The van der Waals surface area contributed by atoms with Crippen LogP contribution in [0.3, 0.4) is 0 Å². The fourth-order valence-corrected chi connectivity index (χ4v) is 3.99. The highest BCUT2D eigenvalue weighted by molar-refractivity contribution is 7.89. The van der Waals surface area contributed by atoms with Crippen LogP contribution in [0.5, 0.6) is 11.5 Å². The van der Waals surface area contributed by atoms with Gasteiger partial charge in [0.25, 0.3) is 0 Å². The molecule has 0 aliphatic rings. The predicted octanol–water partition coefficient (Wildman–Crippen LogP) is 4.05. The SMILES string of the molecule is COc1ccc(Cl)cc1S(=O)(=O)NCCCc1cccc(OC(C)C)c1. The Morgan fingerprint density at radius 1 is 1.15 bits per heavy atom. The van der Waals surface area contributed by atoms with E-state index in [0.29, 0.717) is 18.0 Å². The third kappa shape index (κ3) is 5.90. The monoisotopic (exact) mass is 397 g/mol. The van der Waals surface area contributed by atoms with Crippen LogP contribution in [0.4, 0.5) is 0 Å². The van der Waals surface area contributed by atoms with Crippen LogP contribution in [0.1, 0.15) is 25.8 Å². The van der Waals surface area contributed by atoms with Crippen LogP contribution in [-0.2, 0) is 16.4 Å². The van der Waals surface area contributed by atoms with Gasteiger partial charge in [-0.1, -0.05) is 23.7 Å². The Morgan fingerprint density at radius 2 is 1.92 bits per heavy atom. The number of benzene rings is 2. The van der Waals surface area contributed by atoms with Gasteiger partial charge in [0.2, 0.25) is 10.0 Å². The molecule has 0 saturated heterocycles.